The molecule has 2 heterocycles. The van der Waals surface area contributed by atoms with Gasteiger partial charge in [0.15, 0.2) is 0 Å². The van der Waals surface area contributed by atoms with Crippen LogP contribution in [0.3, 0.4) is 0 Å². The van der Waals surface area contributed by atoms with Gasteiger partial charge in [-0.25, -0.2) is 0 Å². The smallest absolute Gasteiger partial charge is 0.136 e. The normalized spacial score (nSPS) is 11.3. The Hall–Kier alpha value is -7.43. The summed E-state index contributed by atoms with van der Waals surface area (Å²) in [5, 5.41) is 16.4. The Morgan fingerprint density at radius 2 is 0.745 bits per heavy atom. The molecule has 0 fully saturated rings. The lowest BCUT2D eigenvalue weighted by Gasteiger charge is -2.20. The zero-order chi connectivity index (χ0) is 36.6. The molecule has 258 valence electrons. The summed E-state index contributed by atoms with van der Waals surface area (Å²) in [6, 6.07) is 69.8. The molecule has 2 aromatic heterocycles. The summed E-state index contributed by atoms with van der Waals surface area (Å²) >= 11 is 0. The van der Waals surface area contributed by atoms with Crippen molar-refractivity contribution < 1.29 is 4.42 Å². The Labute approximate surface area is 319 Å². The van der Waals surface area contributed by atoms with E-state index < -0.39 is 0 Å². The number of benzene rings is 8. The Morgan fingerprint density at radius 1 is 0.291 bits per heavy atom. The standard InChI is InChI=1S/C51H33N3O/c1-4-18-34(19-5-1)37-24-10-12-26-39(37)40-27-13-14-28-41(40)43-32-33-46-47(44-30-16-17-31-45(44)55-46)48(43)51-49(50(52-54-53-51)36-22-8-3-9-23-36)42-29-15-11-25-38(42)35-20-6-2-7-21-35/h1-33H. The van der Waals surface area contributed by atoms with Crippen LogP contribution in [-0.4, -0.2) is 15.4 Å². The summed E-state index contributed by atoms with van der Waals surface area (Å²) in [6.45, 7) is 0. The Balaban J connectivity index is 1.34. The van der Waals surface area contributed by atoms with Crippen molar-refractivity contribution >= 4 is 21.9 Å². The summed E-state index contributed by atoms with van der Waals surface area (Å²) in [5.41, 5.74) is 15.8. The Morgan fingerprint density at radius 3 is 1.38 bits per heavy atom. The molecule has 0 N–H and O–H groups in total. The van der Waals surface area contributed by atoms with E-state index in [9.17, 15) is 0 Å². The van der Waals surface area contributed by atoms with E-state index in [-0.39, 0.29) is 0 Å². The van der Waals surface area contributed by atoms with Crippen LogP contribution in [0.5, 0.6) is 0 Å². The van der Waals surface area contributed by atoms with Crippen LogP contribution in [0.15, 0.2) is 205 Å². The third kappa shape index (κ3) is 5.68. The third-order valence-electron chi connectivity index (χ3n) is 10.4. The number of fused-ring (bicyclic) bond motifs is 3. The Kier molecular flexibility index (Phi) is 8.12. The topological polar surface area (TPSA) is 51.8 Å². The molecule has 10 rings (SSSR count). The Bertz CT molecular complexity index is 2970. The maximum Gasteiger partial charge on any atom is 0.136 e. The van der Waals surface area contributed by atoms with Crippen molar-refractivity contribution in [3.05, 3.63) is 200 Å². The average molecular weight is 704 g/mol. The highest BCUT2D eigenvalue weighted by Crippen LogP contribution is 2.50. The van der Waals surface area contributed by atoms with Crippen molar-refractivity contribution in [1.29, 1.82) is 0 Å². The molecular weight excluding hydrogens is 671 g/mol. The predicted octanol–water partition coefficient (Wildman–Crippen LogP) is 13.4. The zero-order valence-corrected chi connectivity index (χ0v) is 29.8. The van der Waals surface area contributed by atoms with Crippen LogP contribution in [0, 0.1) is 0 Å². The van der Waals surface area contributed by atoms with E-state index in [2.05, 4.69) is 169 Å². The molecule has 0 aliphatic heterocycles. The van der Waals surface area contributed by atoms with Crippen molar-refractivity contribution in [1.82, 2.24) is 15.4 Å². The highest BCUT2D eigenvalue weighted by molar-refractivity contribution is 6.18. The molecule has 0 unspecified atom stereocenters. The number of furan rings is 1. The van der Waals surface area contributed by atoms with E-state index in [4.69, 9.17) is 14.6 Å². The van der Waals surface area contributed by atoms with Gasteiger partial charge in [0, 0.05) is 27.5 Å². The molecule has 4 heteroatoms. The lowest BCUT2D eigenvalue weighted by molar-refractivity contribution is 0.669. The summed E-state index contributed by atoms with van der Waals surface area (Å²) in [7, 11) is 0. The van der Waals surface area contributed by atoms with Gasteiger partial charge in [0.05, 0.1) is 0 Å². The minimum Gasteiger partial charge on any atom is -0.456 e. The largest absolute Gasteiger partial charge is 0.456 e. The first-order valence-corrected chi connectivity index (χ1v) is 18.5. The first-order chi connectivity index (χ1) is 27.3. The second-order valence-electron chi connectivity index (χ2n) is 13.6. The van der Waals surface area contributed by atoms with Gasteiger partial charge in [-0.05, 0) is 73.5 Å². The van der Waals surface area contributed by atoms with Crippen LogP contribution in [-0.2, 0) is 0 Å². The van der Waals surface area contributed by atoms with Crippen LogP contribution < -0.4 is 0 Å². The van der Waals surface area contributed by atoms with E-state index in [1.54, 1.807) is 0 Å². The SMILES string of the molecule is c1ccc(-c2ccccc2-c2ccccc2-c2ccc3oc4ccccc4c3c2-c2nnnc(-c3ccccc3)c2-c2ccccc2-c2ccccc2)cc1. The molecule has 55 heavy (non-hydrogen) atoms. The van der Waals surface area contributed by atoms with Crippen molar-refractivity contribution in [2.45, 2.75) is 0 Å². The molecule has 0 spiro atoms. The van der Waals surface area contributed by atoms with E-state index in [1.165, 1.54) is 5.56 Å². The summed E-state index contributed by atoms with van der Waals surface area (Å²) in [6.07, 6.45) is 0. The monoisotopic (exact) mass is 703 g/mol. The van der Waals surface area contributed by atoms with Gasteiger partial charge in [-0.15, -0.1) is 10.2 Å². The third-order valence-corrected chi connectivity index (χ3v) is 10.4. The van der Waals surface area contributed by atoms with Gasteiger partial charge in [0.25, 0.3) is 0 Å². The predicted molar refractivity (Wildman–Crippen MR) is 225 cm³/mol. The molecule has 0 saturated heterocycles. The molecule has 0 radical (unpaired) electrons. The van der Waals surface area contributed by atoms with Crippen LogP contribution in [0.25, 0.3) is 100 Å². The first-order valence-electron chi connectivity index (χ1n) is 18.5. The van der Waals surface area contributed by atoms with Crippen molar-refractivity contribution in [3.63, 3.8) is 0 Å². The van der Waals surface area contributed by atoms with Crippen LogP contribution in [0.4, 0.5) is 0 Å². The second-order valence-corrected chi connectivity index (χ2v) is 13.6. The van der Waals surface area contributed by atoms with E-state index in [0.29, 0.717) is 0 Å². The van der Waals surface area contributed by atoms with Gasteiger partial charge in [-0.3, -0.25) is 0 Å². The van der Waals surface area contributed by atoms with Gasteiger partial charge in [0.1, 0.15) is 22.6 Å². The number of aromatic nitrogens is 3. The highest BCUT2D eigenvalue weighted by atomic mass is 16.3. The lowest BCUT2D eigenvalue weighted by Crippen LogP contribution is -2.03. The average Bonchev–Trinajstić information content (AvgIpc) is 3.66. The van der Waals surface area contributed by atoms with E-state index in [0.717, 1.165) is 94.5 Å². The van der Waals surface area contributed by atoms with Gasteiger partial charge in [-0.1, -0.05) is 182 Å². The second kappa shape index (κ2) is 13.8. The molecule has 8 aromatic carbocycles. The van der Waals surface area contributed by atoms with Gasteiger partial charge in [-0.2, -0.15) is 0 Å². The molecule has 0 saturated carbocycles. The van der Waals surface area contributed by atoms with Gasteiger partial charge >= 0.3 is 0 Å². The quantitative estimate of drug-likeness (QED) is 0.166. The zero-order valence-electron chi connectivity index (χ0n) is 29.8. The maximum atomic E-state index is 6.59. The minimum atomic E-state index is 0.732. The molecule has 0 atom stereocenters. The maximum absolute atomic E-state index is 6.59. The van der Waals surface area contributed by atoms with Crippen molar-refractivity contribution in [2.24, 2.45) is 0 Å². The van der Waals surface area contributed by atoms with Crippen LogP contribution in [0.1, 0.15) is 0 Å². The van der Waals surface area contributed by atoms with Gasteiger partial charge in [0.2, 0.25) is 0 Å². The van der Waals surface area contributed by atoms with Crippen LogP contribution in [0.2, 0.25) is 0 Å². The fraction of sp³-hybridized carbons (Fsp3) is 0. The highest BCUT2D eigenvalue weighted by Gasteiger charge is 2.27. The van der Waals surface area contributed by atoms with E-state index in [1.807, 2.05) is 36.4 Å². The first kappa shape index (κ1) is 32.2. The van der Waals surface area contributed by atoms with E-state index >= 15 is 0 Å². The minimum absolute atomic E-state index is 0.732. The fourth-order valence-corrected chi connectivity index (χ4v) is 7.95. The fourth-order valence-electron chi connectivity index (χ4n) is 7.95. The summed E-state index contributed by atoms with van der Waals surface area (Å²) < 4.78 is 6.59. The molecule has 4 nitrogen and oxygen atoms in total. The summed E-state index contributed by atoms with van der Waals surface area (Å²) in [5.74, 6) is 0. The molecular formula is C51H33N3O. The molecule has 0 bridgehead atoms. The molecule has 10 aromatic rings. The molecule has 0 aliphatic carbocycles. The summed E-state index contributed by atoms with van der Waals surface area (Å²) in [4.78, 5) is 0. The lowest BCUT2D eigenvalue weighted by atomic mass is 9.83. The number of nitrogens with zero attached hydrogens (tertiary/aromatic N) is 3. The number of rotatable bonds is 7. The molecule has 0 aliphatic rings. The van der Waals surface area contributed by atoms with Gasteiger partial charge < -0.3 is 4.42 Å². The van der Waals surface area contributed by atoms with Crippen LogP contribution >= 0.6 is 0 Å². The van der Waals surface area contributed by atoms with Crippen molar-refractivity contribution in [2.75, 3.05) is 0 Å². The molecule has 0 amide bonds. The number of hydrogen-bond donors (Lipinski definition) is 0. The van der Waals surface area contributed by atoms with Crippen molar-refractivity contribution in [3.8, 4) is 78.1 Å². The number of para-hydroxylation sites is 1. The number of hydrogen-bond acceptors (Lipinski definition) is 4.